The minimum atomic E-state index is 0.402. The molecule has 1 heterocycles. The number of rotatable bonds is 0. The van der Waals surface area contributed by atoms with E-state index in [1.807, 2.05) is 0 Å². The van der Waals surface area contributed by atoms with Crippen LogP contribution in [0.5, 0.6) is 0 Å². The topological polar surface area (TPSA) is 12.4 Å². The molecule has 0 amide bonds. The molecular formula is C9H17NSe. The van der Waals surface area contributed by atoms with E-state index in [0.717, 1.165) is 19.8 Å². The third-order valence-electron chi connectivity index (χ3n) is 2.43. The fraction of sp³-hybridized carbons (Fsp3) is 0.889. The Labute approximate surface area is 75.8 Å². The fourth-order valence-corrected chi connectivity index (χ4v) is 4.17. The van der Waals surface area contributed by atoms with Crippen molar-refractivity contribution in [3.63, 3.8) is 0 Å². The molecule has 0 saturated carbocycles. The van der Waals surface area contributed by atoms with Crippen molar-refractivity contribution in [2.45, 2.75) is 49.8 Å². The van der Waals surface area contributed by atoms with Crippen molar-refractivity contribution in [2.75, 3.05) is 0 Å². The van der Waals surface area contributed by atoms with E-state index in [1.165, 1.54) is 5.71 Å². The van der Waals surface area contributed by atoms with Crippen LogP contribution >= 0.6 is 0 Å². The summed E-state index contributed by atoms with van der Waals surface area (Å²) in [5.74, 6) is 0. The van der Waals surface area contributed by atoms with Gasteiger partial charge in [-0.05, 0) is 0 Å². The van der Waals surface area contributed by atoms with Crippen LogP contribution < -0.4 is 0 Å². The fourth-order valence-electron chi connectivity index (χ4n) is 1.21. The Hall–Kier alpha value is 0.189. The van der Waals surface area contributed by atoms with Gasteiger partial charge < -0.3 is 0 Å². The molecule has 2 heteroatoms. The number of hydrogen-bond donors (Lipinski definition) is 0. The summed E-state index contributed by atoms with van der Waals surface area (Å²) in [6, 6.07) is 0.558. The molecule has 0 aliphatic carbocycles. The van der Waals surface area contributed by atoms with Gasteiger partial charge in [0.2, 0.25) is 0 Å². The van der Waals surface area contributed by atoms with Crippen molar-refractivity contribution in [1.82, 2.24) is 0 Å². The van der Waals surface area contributed by atoms with Crippen molar-refractivity contribution in [2.24, 2.45) is 4.99 Å². The van der Waals surface area contributed by atoms with Crippen molar-refractivity contribution < 1.29 is 0 Å². The van der Waals surface area contributed by atoms with Gasteiger partial charge in [-0.2, -0.15) is 0 Å². The molecule has 0 aromatic heterocycles. The first-order chi connectivity index (χ1) is 4.93. The zero-order valence-corrected chi connectivity index (χ0v) is 9.72. The molecule has 2 unspecified atom stereocenters. The molecule has 0 saturated heterocycles. The third kappa shape index (κ3) is 1.86. The van der Waals surface area contributed by atoms with E-state index in [9.17, 15) is 0 Å². The summed E-state index contributed by atoms with van der Waals surface area (Å²) in [6.07, 6.45) is 0. The molecule has 1 aliphatic heterocycles. The molecule has 0 aromatic rings. The summed E-state index contributed by atoms with van der Waals surface area (Å²) in [7, 11) is 0. The Balaban J connectivity index is 2.86. The van der Waals surface area contributed by atoms with Crippen LogP contribution in [0.15, 0.2) is 4.99 Å². The molecule has 0 radical (unpaired) electrons. The van der Waals surface area contributed by atoms with E-state index in [-0.39, 0.29) is 0 Å². The predicted octanol–water partition coefficient (Wildman–Crippen LogP) is 2.56. The van der Waals surface area contributed by atoms with Gasteiger partial charge in [-0.3, -0.25) is 0 Å². The van der Waals surface area contributed by atoms with Crippen LogP contribution in [0.2, 0.25) is 9.13 Å². The number of hydrogen-bond acceptors (Lipinski definition) is 1. The van der Waals surface area contributed by atoms with E-state index in [0.29, 0.717) is 10.4 Å². The average Bonchev–Trinajstić information content (AvgIpc) is 1.83. The Morgan fingerprint density at radius 3 is 2.36 bits per heavy atom. The molecule has 11 heavy (non-hydrogen) atoms. The maximum atomic E-state index is 4.65. The van der Waals surface area contributed by atoms with Gasteiger partial charge in [0.1, 0.15) is 0 Å². The van der Waals surface area contributed by atoms with E-state index in [2.05, 4.69) is 39.6 Å². The molecular weight excluding hydrogens is 201 g/mol. The maximum absolute atomic E-state index is 4.65. The molecule has 0 spiro atoms. The Morgan fingerprint density at radius 2 is 1.91 bits per heavy atom. The first kappa shape index (κ1) is 9.28. The first-order valence-electron chi connectivity index (χ1n) is 4.16. The van der Waals surface area contributed by atoms with Crippen molar-refractivity contribution in [3.8, 4) is 0 Å². The summed E-state index contributed by atoms with van der Waals surface area (Å²) in [4.78, 5) is 5.46. The average molecular weight is 218 g/mol. The van der Waals surface area contributed by atoms with Gasteiger partial charge >= 0.3 is 75.5 Å². The second-order valence-corrected chi connectivity index (χ2v) is 7.98. The van der Waals surface area contributed by atoms with Crippen molar-refractivity contribution in [3.05, 3.63) is 0 Å². The van der Waals surface area contributed by atoms with E-state index in [4.69, 9.17) is 0 Å². The van der Waals surface area contributed by atoms with Gasteiger partial charge in [0.25, 0.3) is 0 Å². The zero-order valence-electron chi connectivity index (χ0n) is 8.01. The van der Waals surface area contributed by atoms with Crippen LogP contribution in [0.4, 0.5) is 0 Å². The van der Waals surface area contributed by atoms with Gasteiger partial charge in [0.05, 0.1) is 0 Å². The number of nitrogens with zero attached hydrogens (tertiary/aromatic N) is 1. The quantitative estimate of drug-likeness (QED) is 0.554. The molecule has 0 fully saturated rings. The standard InChI is InChI=1S/C9H17NSe/c1-6-7(2)11-9(4,5)8(3)10-6/h6-7H,1-5H3. The van der Waals surface area contributed by atoms with Crippen molar-refractivity contribution in [1.29, 1.82) is 0 Å². The SMILES string of the molecule is CC1=NC(C)C(C)[Se]C1(C)C. The molecule has 0 aromatic carbocycles. The number of aliphatic imine (C=N–C) groups is 1. The Bertz CT molecular complexity index is 184. The van der Waals surface area contributed by atoms with Crippen LogP contribution in [0.1, 0.15) is 34.6 Å². The predicted molar refractivity (Wildman–Crippen MR) is 51.8 cm³/mol. The summed E-state index contributed by atoms with van der Waals surface area (Å²) >= 11 is 0.720. The second-order valence-electron chi connectivity index (χ2n) is 3.79. The van der Waals surface area contributed by atoms with Gasteiger partial charge in [-0.1, -0.05) is 0 Å². The Kier molecular flexibility index (Phi) is 2.46. The third-order valence-corrected chi connectivity index (χ3v) is 5.89. The minimum absolute atomic E-state index is 0.402. The summed E-state index contributed by atoms with van der Waals surface area (Å²) in [5.41, 5.74) is 1.35. The van der Waals surface area contributed by atoms with E-state index in [1.54, 1.807) is 0 Å². The van der Waals surface area contributed by atoms with Crippen LogP contribution in [0.3, 0.4) is 0 Å². The molecule has 64 valence electrons. The molecule has 0 bridgehead atoms. The molecule has 1 rings (SSSR count). The van der Waals surface area contributed by atoms with Gasteiger partial charge in [0.15, 0.2) is 0 Å². The van der Waals surface area contributed by atoms with Gasteiger partial charge in [-0.15, -0.1) is 0 Å². The van der Waals surface area contributed by atoms with Crippen molar-refractivity contribution >= 4 is 20.7 Å². The summed E-state index contributed by atoms with van der Waals surface area (Å²) in [6.45, 7) is 11.3. The molecule has 1 aliphatic rings. The van der Waals surface area contributed by atoms with Crippen LogP contribution in [-0.4, -0.2) is 26.7 Å². The second kappa shape index (κ2) is 2.91. The van der Waals surface area contributed by atoms with Crippen LogP contribution in [-0.2, 0) is 0 Å². The molecule has 1 nitrogen and oxygen atoms in total. The van der Waals surface area contributed by atoms with Crippen LogP contribution in [0.25, 0.3) is 0 Å². The van der Waals surface area contributed by atoms with Crippen LogP contribution in [0, 0.1) is 0 Å². The van der Waals surface area contributed by atoms with Gasteiger partial charge in [0, 0.05) is 0 Å². The van der Waals surface area contributed by atoms with E-state index >= 15 is 0 Å². The zero-order chi connectivity index (χ0) is 8.65. The van der Waals surface area contributed by atoms with Gasteiger partial charge in [-0.25, -0.2) is 0 Å². The first-order valence-corrected chi connectivity index (χ1v) is 6.01. The normalized spacial score (nSPS) is 36.6. The summed E-state index contributed by atoms with van der Waals surface area (Å²) in [5, 5.41) is 0. The molecule has 0 N–H and O–H groups in total. The monoisotopic (exact) mass is 219 g/mol. The summed E-state index contributed by atoms with van der Waals surface area (Å²) < 4.78 is 0.402. The Morgan fingerprint density at radius 1 is 1.36 bits per heavy atom. The van der Waals surface area contributed by atoms with E-state index < -0.39 is 0 Å². The molecule has 2 atom stereocenters.